The van der Waals surface area contributed by atoms with Gasteiger partial charge in [-0.15, -0.1) is 5.11 Å². The van der Waals surface area contributed by atoms with E-state index in [-0.39, 0.29) is 23.6 Å². The van der Waals surface area contributed by atoms with E-state index < -0.39 is 12.1 Å². The summed E-state index contributed by atoms with van der Waals surface area (Å²) in [6, 6.07) is 25.3. The number of amides is 1. The molecule has 190 valence electrons. The van der Waals surface area contributed by atoms with E-state index in [0.29, 0.717) is 18.7 Å². The number of phenolic OH excluding ortho intramolecular Hbond substituents is 1. The van der Waals surface area contributed by atoms with Crippen LogP contribution in [0.25, 0.3) is 11.1 Å². The number of carboxylic acids is 1. The fourth-order valence-corrected chi connectivity index (χ4v) is 4.45. The van der Waals surface area contributed by atoms with E-state index in [0.717, 1.165) is 17.5 Å². The van der Waals surface area contributed by atoms with Gasteiger partial charge in [-0.1, -0.05) is 48.5 Å². The van der Waals surface area contributed by atoms with Crippen LogP contribution in [-0.2, 0) is 24.2 Å². The predicted molar refractivity (Wildman–Crippen MR) is 142 cm³/mol. The van der Waals surface area contributed by atoms with Gasteiger partial charge in [0.05, 0.1) is 11.3 Å². The Bertz CT molecular complexity index is 1530. The first-order chi connectivity index (χ1) is 18.5. The lowest BCUT2D eigenvalue weighted by Gasteiger charge is -2.11. The molecule has 1 aliphatic rings. The molecule has 38 heavy (non-hydrogen) atoms. The fourth-order valence-electron chi connectivity index (χ4n) is 4.45. The smallest absolute Gasteiger partial charge is 0.407 e. The van der Waals surface area contributed by atoms with Crippen LogP contribution in [0.5, 0.6) is 5.75 Å². The molecule has 0 atom stereocenters. The van der Waals surface area contributed by atoms with Crippen LogP contribution in [0.2, 0.25) is 0 Å². The minimum absolute atomic E-state index is 0.0374. The predicted octanol–water partition coefficient (Wildman–Crippen LogP) is 6.55. The van der Waals surface area contributed by atoms with Crippen molar-refractivity contribution in [1.82, 2.24) is 5.32 Å². The van der Waals surface area contributed by atoms with Gasteiger partial charge in [0.2, 0.25) is 0 Å². The third-order valence-electron chi connectivity index (χ3n) is 6.42. The first-order valence-corrected chi connectivity index (χ1v) is 12.1. The van der Waals surface area contributed by atoms with Gasteiger partial charge >= 0.3 is 12.1 Å². The molecule has 8 heteroatoms. The number of nitrogens with one attached hydrogen (secondary N) is 1. The number of benzene rings is 4. The van der Waals surface area contributed by atoms with Crippen molar-refractivity contribution in [2.75, 3.05) is 6.54 Å². The van der Waals surface area contributed by atoms with Gasteiger partial charge in [-0.3, -0.25) is 0 Å². The molecule has 4 aromatic carbocycles. The van der Waals surface area contributed by atoms with Gasteiger partial charge in [-0.25, -0.2) is 9.59 Å². The molecule has 0 radical (unpaired) electrons. The molecule has 1 aliphatic carbocycles. The van der Waals surface area contributed by atoms with E-state index in [1.807, 2.05) is 24.3 Å². The first kappa shape index (κ1) is 24.7. The van der Waals surface area contributed by atoms with Crippen molar-refractivity contribution in [1.29, 1.82) is 0 Å². The molecule has 4 aromatic rings. The van der Waals surface area contributed by atoms with Gasteiger partial charge in [0.25, 0.3) is 0 Å². The molecule has 3 N–H and O–H groups in total. The highest BCUT2D eigenvalue weighted by atomic mass is 16.5. The van der Waals surface area contributed by atoms with E-state index in [1.165, 1.54) is 52.6 Å². The number of alkyl carbamates (subject to hydrolysis) is 1. The van der Waals surface area contributed by atoms with Crippen molar-refractivity contribution in [3.05, 3.63) is 113 Å². The summed E-state index contributed by atoms with van der Waals surface area (Å²) >= 11 is 0. The van der Waals surface area contributed by atoms with Crippen molar-refractivity contribution < 1.29 is 24.5 Å². The first-order valence-electron chi connectivity index (χ1n) is 12.1. The summed E-state index contributed by atoms with van der Waals surface area (Å²) in [4.78, 5) is 23.3. The Balaban J connectivity index is 1.13. The number of ether oxygens (including phenoxy) is 1. The molecule has 1 amide bonds. The van der Waals surface area contributed by atoms with Crippen LogP contribution < -0.4 is 5.32 Å². The Morgan fingerprint density at radius 1 is 0.895 bits per heavy atom. The fraction of sp³-hybridized carbons (Fsp3) is 0.133. The second kappa shape index (κ2) is 11.0. The van der Waals surface area contributed by atoms with E-state index in [1.54, 1.807) is 12.1 Å². The Labute approximate surface area is 219 Å². The molecule has 8 nitrogen and oxygen atoms in total. The largest absolute Gasteiger partial charge is 0.506 e. The minimum Gasteiger partial charge on any atom is -0.506 e. The lowest BCUT2D eigenvalue weighted by atomic mass is 10.0. The topological polar surface area (TPSA) is 121 Å². The third kappa shape index (κ3) is 5.54. The van der Waals surface area contributed by atoms with Crippen molar-refractivity contribution in [2.45, 2.75) is 19.4 Å². The maximum Gasteiger partial charge on any atom is 0.407 e. The summed E-state index contributed by atoms with van der Waals surface area (Å²) in [6.45, 7) is 0.537. The van der Waals surface area contributed by atoms with Crippen LogP contribution in [-0.4, -0.2) is 28.8 Å². The average Bonchev–Trinajstić information content (AvgIpc) is 3.31. The molecule has 0 unspecified atom stereocenters. The Morgan fingerprint density at radius 3 is 2.50 bits per heavy atom. The Kier molecular flexibility index (Phi) is 7.13. The number of aromatic hydroxyl groups is 1. The summed E-state index contributed by atoms with van der Waals surface area (Å²) in [7, 11) is 0. The standard InChI is InChI=1S/C30H25N3O5/c34-28-13-8-19(16-27(28)33-32-23-11-9-20(10-12-23)29(35)36)14-15-31-30(37)38-18-22-5-3-7-25-24-6-2-1-4-21(24)17-26(22)25/h1-13,16,34H,14-15,17-18H2,(H,31,37)(H,35,36). The van der Waals surface area contributed by atoms with Crippen molar-refractivity contribution in [3.8, 4) is 16.9 Å². The van der Waals surface area contributed by atoms with Crippen LogP contribution in [0, 0.1) is 0 Å². The number of carbonyl (C=O) groups is 2. The van der Waals surface area contributed by atoms with Crippen LogP contribution >= 0.6 is 0 Å². The summed E-state index contributed by atoms with van der Waals surface area (Å²) in [5.74, 6) is -1.06. The molecular weight excluding hydrogens is 482 g/mol. The van der Waals surface area contributed by atoms with Crippen LogP contribution in [0.3, 0.4) is 0 Å². The molecule has 0 aromatic heterocycles. The maximum atomic E-state index is 12.3. The molecule has 0 bridgehead atoms. The zero-order chi connectivity index (χ0) is 26.5. The van der Waals surface area contributed by atoms with Crippen LogP contribution in [0.1, 0.15) is 32.6 Å². The summed E-state index contributed by atoms with van der Waals surface area (Å²) in [6.07, 6.45) is 0.837. The van der Waals surface area contributed by atoms with E-state index in [4.69, 9.17) is 9.84 Å². The number of rotatable bonds is 8. The van der Waals surface area contributed by atoms with Gasteiger partial charge in [-0.05, 0) is 82.6 Å². The number of hydrogen-bond donors (Lipinski definition) is 3. The highest BCUT2D eigenvalue weighted by Gasteiger charge is 2.20. The van der Waals surface area contributed by atoms with Crippen LogP contribution in [0.15, 0.2) is 95.2 Å². The van der Waals surface area contributed by atoms with E-state index >= 15 is 0 Å². The molecule has 0 saturated heterocycles. The molecule has 0 spiro atoms. The van der Waals surface area contributed by atoms with Crippen molar-refractivity contribution in [3.63, 3.8) is 0 Å². The third-order valence-corrected chi connectivity index (χ3v) is 6.42. The average molecular weight is 508 g/mol. The highest BCUT2D eigenvalue weighted by Crippen LogP contribution is 2.38. The zero-order valence-electron chi connectivity index (χ0n) is 20.4. The number of carbonyl (C=O) groups excluding carboxylic acids is 1. The number of phenols is 1. The quantitative estimate of drug-likeness (QED) is 0.206. The van der Waals surface area contributed by atoms with E-state index in [2.05, 4.69) is 33.7 Å². The number of fused-ring (bicyclic) bond motifs is 3. The van der Waals surface area contributed by atoms with Gasteiger partial charge in [0, 0.05) is 6.54 Å². The molecule has 0 saturated carbocycles. The second-order valence-electron chi connectivity index (χ2n) is 8.91. The lowest BCUT2D eigenvalue weighted by Crippen LogP contribution is -2.26. The normalized spacial score (nSPS) is 11.7. The number of nitrogens with zero attached hydrogens (tertiary/aromatic N) is 2. The lowest BCUT2D eigenvalue weighted by molar-refractivity contribution is 0.0696. The van der Waals surface area contributed by atoms with Crippen LogP contribution in [0.4, 0.5) is 16.2 Å². The molecule has 0 aliphatic heterocycles. The number of aromatic carboxylic acids is 1. The molecular formula is C30H25N3O5. The molecule has 5 rings (SSSR count). The van der Waals surface area contributed by atoms with Crippen molar-refractivity contribution >= 4 is 23.4 Å². The number of hydrogen-bond acceptors (Lipinski definition) is 6. The summed E-state index contributed by atoms with van der Waals surface area (Å²) < 4.78 is 5.48. The monoisotopic (exact) mass is 507 g/mol. The van der Waals surface area contributed by atoms with E-state index in [9.17, 15) is 14.7 Å². The zero-order valence-corrected chi connectivity index (χ0v) is 20.4. The Morgan fingerprint density at radius 2 is 1.68 bits per heavy atom. The second-order valence-corrected chi connectivity index (χ2v) is 8.91. The summed E-state index contributed by atoms with van der Waals surface area (Å²) in [5.41, 5.74) is 7.63. The highest BCUT2D eigenvalue weighted by molar-refractivity contribution is 5.87. The molecule has 0 fully saturated rings. The Hall–Kier alpha value is -4.98. The molecule has 0 heterocycles. The van der Waals surface area contributed by atoms with Crippen molar-refractivity contribution in [2.24, 2.45) is 10.2 Å². The summed E-state index contributed by atoms with van der Waals surface area (Å²) in [5, 5.41) is 30.0. The van der Waals surface area contributed by atoms with Gasteiger partial charge in [-0.2, -0.15) is 5.11 Å². The van der Waals surface area contributed by atoms with Gasteiger partial charge < -0.3 is 20.3 Å². The SMILES string of the molecule is O=C(NCCc1ccc(O)c(N=Nc2ccc(C(=O)O)cc2)c1)OCc1cccc2c1Cc1ccccc1-2. The number of carboxylic acid groups (broad SMARTS) is 1. The maximum absolute atomic E-state index is 12.3. The van der Waals surface area contributed by atoms with Gasteiger partial charge in [0.1, 0.15) is 18.0 Å². The minimum atomic E-state index is -1.02. The number of azo groups is 1. The van der Waals surface area contributed by atoms with Gasteiger partial charge in [0.15, 0.2) is 0 Å².